The molecule has 1 amide bonds. The summed E-state index contributed by atoms with van der Waals surface area (Å²) in [4.78, 5) is 16.0. The van der Waals surface area contributed by atoms with Crippen LogP contribution in [-0.4, -0.2) is 22.4 Å². The van der Waals surface area contributed by atoms with Gasteiger partial charge in [-0.25, -0.2) is 4.79 Å². The number of thioether (sulfide) groups is 1. The molecule has 0 aromatic carbocycles. The predicted molar refractivity (Wildman–Crippen MR) is 92.9 cm³/mol. The third kappa shape index (κ3) is 8.93. The Hall–Kier alpha value is -1.23. The maximum Gasteiger partial charge on any atom is 0.407 e. The molecule has 1 aromatic rings. The molecule has 0 bridgehead atoms. The molecular weight excluding hydrogens is 296 g/mol. The lowest BCUT2D eigenvalue weighted by Crippen LogP contribution is -2.32. The van der Waals surface area contributed by atoms with Gasteiger partial charge in [-0.15, -0.1) is 0 Å². The van der Waals surface area contributed by atoms with Gasteiger partial charge < -0.3 is 10.1 Å². The molecular formula is C17H28N2O2S. The average Bonchev–Trinajstić information content (AvgIpc) is 2.34. The summed E-state index contributed by atoms with van der Waals surface area (Å²) in [6, 6.07) is 4.01. The molecule has 0 spiro atoms. The fraction of sp³-hybridized carbons (Fsp3) is 0.647. The molecule has 0 saturated carbocycles. The number of alkyl carbamates (subject to hydrolysis) is 1. The van der Waals surface area contributed by atoms with Crippen molar-refractivity contribution in [3.63, 3.8) is 0 Å². The van der Waals surface area contributed by atoms with Crippen molar-refractivity contribution < 1.29 is 9.53 Å². The molecule has 0 aliphatic heterocycles. The molecule has 1 heterocycles. The minimum Gasteiger partial charge on any atom is -0.444 e. The first-order valence-corrected chi connectivity index (χ1v) is 8.69. The molecule has 1 aromatic heterocycles. The summed E-state index contributed by atoms with van der Waals surface area (Å²) < 4.78 is 5.19. The molecule has 0 radical (unpaired) electrons. The Morgan fingerprint density at radius 1 is 1.23 bits per heavy atom. The van der Waals surface area contributed by atoms with Gasteiger partial charge in [0.05, 0.1) is 5.69 Å². The highest BCUT2D eigenvalue weighted by molar-refractivity contribution is 7.98. The lowest BCUT2D eigenvalue weighted by atomic mass is 10.0. The third-order valence-corrected chi connectivity index (χ3v) is 4.08. The van der Waals surface area contributed by atoms with Crippen molar-refractivity contribution in [2.24, 2.45) is 5.41 Å². The zero-order chi connectivity index (χ0) is 16.8. The van der Waals surface area contributed by atoms with E-state index in [2.05, 4.69) is 31.1 Å². The molecule has 0 saturated heterocycles. The number of pyridine rings is 1. The molecule has 124 valence electrons. The molecule has 0 aliphatic rings. The molecule has 5 heteroatoms. The van der Waals surface area contributed by atoms with Crippen molar-refractivity contribution in [3.8, 4) is 0 Å². The van der Waals surface area contributed by atoms with E-state index in [9.17, 15) is 4.79 Å². The van der Waals surface area contributed by atoms with Crippen LogP contribution in [0.1, 0.15) is 52.8 Å². The van der Waals surface area contributed by atoms with Crippen molar-refractivity contribution in [2.45, 2.75) is 59.4 Å². The summed E-state index contributed by atoms with van der Waals surface area (Å²) >= 11 is 1.89. The van der Waals surface area contributed by atoms with E-state index in [4.69, 9.17) is 4.74 Å². The van der Waals surface area contributed by atoms with E-state index in [0.717, 1.165) is 22.8 Å². The van der Waals surface area contributed by atoms with Crippen LogP contribution in [0.2, 0.25) is 0 Å². The summed E-state index contributed by atoms with van der Waals surface area (Å²) in [7, 11) is 0. The Morgan fingerprint density at radius 3 is 2.41 bits per heavy atom. The maximum absolute atomic E-state index is 11.6. The fourth-order valence-corrected chi connectivity index (χ4v) is 2.69. The Bertz CT molecular complexity index is 473. The van der Waals surface area contributed by atoms with E-state index in [1.165, 1.54) is 0 Å². The topological polar surface area (TPSA) is 51.2 Å². The number of hydrogen-bond donors (Lipinski definition) is 1. The van der Waals surface area contributed by atoms with Crippen molar-refractivity contribution >= 4 is 17.9 Å². The number of nitrogens with zero attached hydrogens (tertiary/aromatic N) is 1. The highest BCUT2D eigenvalue weighted by Crippen LogP contribution is 2.22. The van der Waals surface area contributed by atoms with E-state index < -0.39 is 11.7 Å². The SMILES string of the molecule is CC(C)(C)CSCc1ccc(CNC(=O)OC(C)(C)C)cn1. The van der Waals surface area contributed by atoms with Crippen LogP contribution in [0.25, 0.3) is 0 Å². The van der Waals surface area contributed by atoms with Crippen LogP contribution in [-0.2, 0) is 17.0 Å². The second-order valence-electron chi connectivity index (χ2n) is 7.57. The Balaban J connectivity index is 2.37. The van der Waals surface area contributed by atoms with Crippen LogP contribution >= 0.6 is 11.8 Å². The first kappa shape index (κ1) is 18.8. The van der Waals surface area contributed by atoms with E-state index in [1.807, 2.05) is 50.9 Å². The fourth-order valence-electron chi connectivity index (χ4n) is 1.60. The Labute approximate surface area is 138 Å². The van der Waals surface area contributed by atoms with E-state index >= 15 is 0 Å². The molecule has 4 nitrogen and oxygen atoms in total. The van der Waals surface area contributed by atoms with Gasteiger partial charge in [0.2, 0.25) is 0 Å². The Morgan fingerprint density at radius 2 is 1.91 bits per heavy atom. The highest BCUT2D eigenvalue weighted by atomic mass is 32.2. The minimum absolute atomic E-state index is 0.335. The standard InChI is InChI=1S/C17H28N2O2S/c1-16(2,3)12-22-11-14-8-7-13(9-18-14)10-19-15(20)21-17(4,5)6/h7-9H,10-12H2,1-6H3,(H,19,20). The highest BCUT2D eigenvalue weighted by Gasteiger charge is 2.15. The van der Waals surface area contributed by atoms with Crippen molar-refractivity contribution in [2.75, 3.05) is 5.75 Å². The van der Waals surface area contributed by atoms with Crippen LogP contribution in [0.15, 0.2) is 18.3 Å². The molecule has 1 N–H and O–H groups in total. The van der Waals surface area contributed by atoms with Crippen LogP contribution in [0.3, 0.4) is 0 Å². The van der Waals surface area contributed by atoms with E-state index in [-0.39, 0.29) is 0 Å². The smallest absolute Gasteiger partial charge is 0.407 e. The zero-order valence-electron chi connectivity index (χ0n) is 14.5. The number of hydrogen-bond acceptors (Lipinski definition) is 4. The van der Waals surface area contributed by atoms with Gasteiger partial charge in [-0.2, -0.15) is 11.8 Å². The van der Waals surface area contributed by atoms with E-state index in [1.54, 1.807) is 0 Å². The molecule has 1 rings (SSSR count). The molecule has 0 aliphatic carbocycles. The second kappa shape index (κ2) is 7.86. The van der Waals surface area contributed by atoms with Gasteiger partial charge >= 0.3 is 6.09 Å². The van der Waals surface area contributed by atoms with E-state index in [0.29, 0.717) is 12.0 Å². The van der Waals surface area contributed by atoms with Gasteiger partial charge in [0.25, 0.3) is 0 Å². The largest absolute Gasteiger partial charge is 0.444 e. The molecule has 0 fully saturated rings. The monoisotopic (exact) mass is 324 g/mol. The summed E-state index contributed by atoms with van der Waals surface area (Å²) in [5.74, 6) is 2.02. The van der Waals surface area contributed by atoms with Crippen LogP contribution < -0.4 is 5.32 Å². The predicted octanol–water partition coefficient (Wildman–Crippen LogP) is 4.39. The third-order valence-electron chi connectivity index (χ3n) is 2.51. The zero-order valence-corrected chi connectivity index (χ0v) is 15.3. The van der Waals surface area contributed by atoms with Crippen LogP contribution in [0.5, 0.6) is 0 Å². The normalized spacial score (nSPS) is 12.1. The summed E-state index contributed by atoms with van der Waals surface area (Å²) in [6.45, 7) is 12.7. The molecule has 22 heavy (non-hydrogen) atoms. The lowest BCUT2D eigenvalue weighted by molar-refractivity contribution is 0.0523. The van der Waals surface area contributed by atoms with Gasteiger partial charge in [-0.05, 0) is 43.6 Å². The number of aromatic nitrogens is 1. The van der Waals surface area contributed by atoms with Gasteiger partial charge in [0.15, 0.2) is 0 Å². The Kier molecular flexibility index (Phi) is 6.72. The van der Waals surface area contributed by atoms with Crippen molar-refractivity contribution in [1.29, 1.82) is 0 Å². The van der Waals surface area contributed by atoms with Gasteiger partial charge in [-0.1, -0.05) is 26.8 Å². The number of rotatable bonds is 5. The average molecular weight is 324 g/mol. The quantitative estimate of drug-likeness (QED) is 0.873. The number of ether oxygens (including phenoxy) is 1. The molecule has 0 unspecified atom stereocenters. The van der Waals surface area contributed by atoms with Gasteiger partial charge in [0, 0.05) is 18.5 Å². The summed E-state index contributed by atoms with van der Waals surface area (Å²) in [6.07, 6.45) is 1.40. The van der Waals surface area contributed by atoms with Crippen molar-refractivity contribution in [3.05, 3.63) is 29.6 Å². The molecule has 0 atom stereocenters. The van der Waals surface area contributed by atoms with Crippen LogP contribution in [0, 0.1) is 5.41 Å². The first-order chi connectivity index (χ1) is 10.1. The number of amides is 1. The van der Waals surface area contributed by atoms with Crippen molar-refractivity contribution in [1.82, 2.24) is 10.3 Å². The van der Waals surface area contributed by atoms with Gasteiger partial charge in [0.1, 0.15) is 5.60 Å². The summed E-state index contributed by atoms with van der Waals surface area (Å²) in [5.41, 5.74) is 1.89. The number of nitrogens with one attached hydrogen (secondary N) is 1. The summed E-state index contributed by atoms with van der Waals surface area (Å²) in [5, 5.41) is 2.73. The number of carbonyl (C=O) groups excluding carboxylic acids is 1. The first-order valence-electron chi connectivity index (χ1n) is 7.54. The van der Waals surface area contributed by atoms with Crippen LogP contribution in [0.4, 0.5) is 4.79 Å². The minimum atomic E-state index is -0.476. The number of carbonyl (C=O) groups is 1. The maximum atomic E-state index is 11.6. The van der Waals surface area contributed by atoms with Gasteiger partial charge in [-0.3, -0.25) is 4.98 Å². The lowest BCUT2D eigenvalue weighted by Gasteiger charge is -2.19. The second-order valence-corrected chi connectivity index (χ2v) is 8.55.